The summed E-state index contributed by atoms with van der Waals surface area (Å²) in [5, 5.41) is 0. The highest BCUT2D eigenvalue weighted by Crippen LogP contribution is 2.31. The molecular weight excluding hydrogens is 333 g/mol. The molecule has 2 N–H and O–H groups in total. The quantitative estimate of drug-likeness (QED) is 0.844. The topological polar surface area (TPSA) is 35.2 Å². The Bertz CT molecular complexity index is 630. The molecule has 0 aliphatic carbocycles. The zero-order valence-electron chi connectivity index (χ0n) is 12.2. The molecule has 0 bridgehead atoms. The van der Waals surface area contributed by atoms with E-state index in [0.717, 1.165) is 33.3 Å². The lowest BCUT2D eigenvalue weighted by atomic mass is 9.95. The van der Waals surface area contributed by atoms with Crippen LogP contribution < -0.4 is 10.5 Å². The molecule has 2 aromatic carbocycles. The SMILES string of the molecule is CCCOc1ccc(C(N)c2cc(F)ccc2C)cc1Br. The van der Waals surface area contributed by atoms with Gasteiger partial charge in [-0.3, -0.25) is 0 Å². The number of rotatable bonds is 5. The lowest BCUT2D eigenvalue weighted by Crippen LogP contribution is -2.13. The third-order valence-electron chi connectivity index (χ3n) is 3.35. The van der Waals surface area contributed by atoms with Crippen LogP contribution in [0.25, 0.3) is 0 Å². The fourth-order valence-electron chi connectivity index (χ4n) is 2.17. The van der Waals surface area contributed by atoms with Crippen molar-refractivity contribution in [3.8, 4) is 5.75 Å². The Morgan fingerprint density at radius 3 is 2.67 bits per heavy atom. The van der Waals surface area contributed by atoms with E-state index in [-0.39, 0.29) is 11.9 Å². The van der Waals surface area contributed by atoms with Crippen molar-refractivity contribution in [2.45, 2.75) is 26.3 Å². The van der Waals surface area contributed by atoms with Gasteiger partial charge in [0.1, 0.15) is 11.6 Å². The molecule has 0 aliphatic heterocycles. The molecule has 21 heavy (non-hydrogen) atoms. The summed E-state index contributed by atoms with van der Waals surface area (Å²) in [5.41, 5.74) is 8.97. The van der Waals surface area contributed by atoms with Crippen LogP contribution in [0.3, 0.4) is 0 Å². The molecule has 0 amide bonds. The summed E-state index contributed by atoms with van der Waals surface area (Å²) in [4.78, 5) is 0. The summed E-state index contributed by atoms with van der Waals surface area (Å²) < 4.78 is 19.9. The smallest absolute Gasteiger partial charge is 0.133 e. The van der Waals surface area contributed by atoms with Gasteiger partial charge in [0.2, 0.25) is 0 Å². The molecule has 112 valence electrons. The summed E-state index contributed by atoms with van der Waals surface area (Å²) in [6.07, 6.45) is 0.955. The molecule has 1 atom stereocenters. The minimum absolute atomic E-state index is 0.270. The van der Waals surface area contributed by atoms with Gasteiger partial charge in [-0.2, -0.15) is 0 Å². The molecular formula is C17H19BrFNO. The van der Waals surface area contributed by atoms with Crippen molar-refractivity contribution in [2.24, 2.45) is 5.73 Å². The molecule has 2 nitrogen and oxygen atoms in total. The van der Waals surface area contributed by atoms with Crippen LogP contribution in [0.15, 0.2) is 40.9 Å². The maximum Gasteiger partial charge on any atom is 0.133 e. The van der Waals surface area contributed by atoms with E-state index in [4.69, 9.17) is 10.5 Å². The summed E-state index contributed by atoms with van der Waals surface area (Å²) in [7, 11) is 0. The first-order valence-electron chi connectivity index (χ1n) is 6.96. The molecule has 0 aromatic heterocycles. The molecule has 1 unspecified atom stereocenters. The van der Waals surface area contributed by atoms with Crippen molar-refractivity contribution in [1.29, 1.82) is 0 Å². The van der Waals surface area contributed by atoms with Gasteiger partial charge in [0.15, 0.2) is 0 Å². The fourth-order valence-corrected chi connectivity index (χ4v) is 2.68. The number of ether oxygens (including phenoxy) is 1. The number of nitrogens with two attached hydrogens (primary N) is 1. The minimum atomic E-state index is -0.364. The average molecular weight is 352 g/mol. The Labute approximate surface area is 133 Å². The van der Waals surface area contributed by atoms with Gasteiger partial charge < -0.3 is 10.5 Å². The molecule has 0 aliphatic rings. The molecule has 0 saturated carbocycles. The van der Waals surface area contributed by atoms with E-state index in [1.54, 1.807) is 6.07 Å². The van der Waals surface area contributed by atoms with Crippen LogP contribution in [0, 0.1) is 12.7 Å². The van der Waals surface area contributed by atoms with E-state index in [1.165, 1.54) is 12.1 Å². The van der Waals surface area contributed by atoms with E-state index in [2.05, 4.69) is 22.9 Å². The third kappa shape index (κ3) is 3.83. The largest absolute Gasteiger partial charge is 0.492 e. The van der Waals surface area contributed by atoms with Crippen LogP contribution in [-0.2, 0) is 0 Å². The number of aryl methyl sites for hydroxylation is 1. The Hall–Kier alpha value is -1.39. The van der Waals surface area contributed by atoms with Crippen LogP contribution in [-0.4, -0.2) is 6.61 Å². The highest BCUT2D eigenvalue weighted by Gasteiger charge is 2.14. The van der Waals surface area contributed by atoms with E-state index in [0.29, 0.717) is 6.61 Å². The lowest BCUT2D eigenvalue weighted by molar-refractivity contribution is 0.315. The maximum absolute atomic E-state index is 13.4. The fraction of sp³-hybridized carbons (Fsp3) is 0.294. The standard InChI is InChI=1S/C17H19BrFNO/c1-3-8-21-16-7-5-12(9-15(16)18)17(20)14-10-13(19)6-4-11(14)2/h4-7,9-10,17H,3,8,20H2,1-2H3. The molecule has 0 spiro atoms. The first-order chi connectivity index (χ1) is 10.0. The van der Waals surface area contributed by atoms with Crippen molar-refractivity contribution in [3.05, 3.63) is 63.4 Å². The van der Waals surface area contributed by atoms with Crippen molar-refractivity contribution < 1.29 is 9.13 Å². The highest BCUT2D eigenvalue weighted by atomic mass is 79.9. The molecule has 0 fully saturated rings. The lowest BCUT2D eigenvalue weighted by Gasteiger charge is -2.17. The molecule has 0 heterocycles. The van der Waals surface area contributed by atoms with E-state index in [1.807, 2.05) is 25.1 Å². The van der Waals surface area contributed by atoms with Gasteiger partial charge in [0.05, 0.1) is 17.1 Å². The second-order valence-corrected chi connectivity index (χ2v) is 5.87. The number of hydrogen-bond acceptors (Lipinski definition) is 2. The minimum Gasteiger partial charge on any atom is -0.492 e. The Morgan fingerprint density at radius 1 is 1.24 bits per heavy atom. The van der Waals surface area contributed by atoms with Crippen LogP contribution in [0.2, 0.25) is 0 Å². The second-order valence-electron chi connectivity index (χ2n) is 5.02. The van der Waals surface area contributed by atoms with Crippen molar-refractivity contribution in [3.63, 3.8) is 0 Å². The van der Waals surface area contributed by atoms with Crippen LogP contribution in [0.1, 0.15) is 36.1 Å². The molecule has 0 saturated heterocycles. The van der Waals surface area contributed by atoms with Crippen LogP contribution in [0.4, 0.5) is 4.39 Å². The summed E-state index contributed by atoms with van der Waals surface area (Å²) in [6, 6.07) is 10.1. The van der Waals surface area contributed by atoms with Gasteiger partial charge in [-0.15, -0.1) is 0 Å². The Kier molecular flexibility index (Phi) is 5.37. The van der Waals surface area contributed by atoms with Gasteiger partial charge in [-0.25, -0.2) is 4.39 Å². The molecule has 2 aromatic rings. The van der Waals surface area contributed by atoms with Gasteiger partial charge in [0.25, 0.3) is 0 Å². The van der Waals surface area contributed by atoms with Crippen molar-refractivity contribution >= 4 is 15.9 Å². The zero-order chi connectivity index (χ0) is 15.4. The summed E-state index contributed by atoms with van der Waals surface area (Å²) in [6.45, 7) is 4.67. The molecule has 2 rings (SSSR count). The number of benzene rings is 2. The summed E-state index contributed by atoms with van der Waals surface area (Å²) >= 11 is 3.50. The Morgan fingerprint density at radius 2 is 2.00 bits per heavy atom. The maximum atomic E-state index is 13.4. The Balaban J connectivity index is 2.29. The second kappa shape index (κ2) is 7.05. The van der Waals surface area contributed by atoms with Crippen molar-refractivity contribution in [2.75, 3.05) is 6.61 Å². The zero-order valence-corrected chi connectivity index (χ0v) is 13.8. The van der Waals surface area contributed by atoms with Gasteiger partial charge in [0, 0.05) is 0 Å². The van der Waals surface area contributed by atoms with Crippen LogP contribution >= 0.6 is 15.9 Å². The normalized spacial score (nSPS) is 12.2. The van der Waals surface area contributed by atoms with Gasteiger partial charge in [-0.1, -0.05) is 19.1 Å². The molecule has 0 radical (unpaired) electrons. The summed E-state index contributed by atoms with van der Waals surface area (Å²) in [5.74, 6) is 0.525. The van der Waals surface area contributed by atoms with Crippen LogP contribution in [0.5, 0.6) is 5.75 Å². The third-order valence-corrected chi connectivity index (χ3v) is 3.97. The van der Waals surface area contributed by atoms with Gasteiger partial charge in [-0.05, 0) is 70.2 Å². The van der Waals surface area contributed by atoms with E-state index in [9.17, 15) is 4.39 Å². The monoisotopic (exact) mass is 351 g/mol. The predicted molar refractivity (Wildman–Crippen MR) is 87.1 cm³/mol. The van der Waals surface area contributed by atoms with Gasteiger partial charge >= 0.3 is 0 Å². The first kappa shape index (κ1) is 16.0. The first-order valence-corrected chi connectivity index (χ1v) is 7.76. The van der Waals surface area contributed by atoms with E-state index < -0.39 is 0 Å². The highest BCUT2D eigenvalue weighted by molar-refractivity contribution is 9.10. The number of hydrogen-bond donors (Lipinski definition) is 1. The average Bonchev–Trinajstić information content (AvgIpc) is 2.47. The predicted octanol–water partition coefficient (Wildman–Crippen LogP) is 4.73. The number of halogens is 2. The van der Waals surface area contributed by atoms with E-state index >= 15 is 0 Å². The molecule has 4 heteroatoms. The van der Waals surface area contributed by atoms with Crippen molar-refractivity contribution in [1.82, 2.24) is 0 Å².